The predicted octanol–water partition coefficient (Wildman–Crippen LogP) is 1.69. The molecule has 0 aromatic heterocycles. The molecule has 1 spiro atoms. The number of ether oxygens (including phenoxy) is 1. The Hall–Kier alpha value is -1.29. The first-order chi connectivity index (χ1) is 11.0. The van der Waals surface area contributed by atoms with E-state index in [0.717, 1.165) is 24.9 Å². The molecule has 1 fully saturated rings. The number of rotatable bonds is 1. The molecule has 2 N–H and O–H groups in total. The van der Waals surface area contributed by atoms with E-state index >= 15 is 0 Å². The van der Waals surface area contributed by atoms with Crippen LogP contribution in [-0.2, 0) is 11.8 Å². The van der Waals surface area contributed by atoms with E-state index < -0.39 is 17.1 Å². The molecule has 5 nitrogen and oxygen atoms in total. The van der Waals surface area contributed by atoms with Crippen molar-refractivity contribution in [3.63, 3.8) is 0 Å². The van der Waals surface area contributed by atoms with Gasteiger partial charge in [-0.15, -0.1) is 0 Å². The third-order valence-corrected chi connectivity index (χ3v) is 6.74. The first kappa shape index (κ1) is 14.1. The highest BCUT2D eigenvalue weighted by atomic mass is 31.0. The average molecular weight is 333 g/mol. The molecule has 5 atom stereocenters. The largest absolute Gasteiger partial charge is 0.509 e. The van der Waals surface area contributed by atoms with Crippen molar-refractivity contribution in [3.8, 4) is 11.5 Å². The number of hydrogen-bond donors (Lipinski definition) is 2. The highest BCUT2D eigenvalue weighted by Gasteiger charge is 2.71. The van der Waals surface area contributed by atoms with Gasteiger partial charge in [0.1, 0.15) is 5.76 Å². The maximum absolute atomic E-state index is 11.7. The Morgan fingerprint density at radius 2 is 2.26 bits per heavy atom. The second-order valence-corrected chi connectivity index (χ2v) is 7.46. The smallest absolute Gasteiger partial charge is 0.168 e. The fraction of sp³-hybridized carbons (Fsp3) is 0.529. The molecule has 1 saturated heterocycles. The molecule has 4 aliphatic rings. The molecule has 0 radical (unpaired) electrons. The second kappa shape index (κ2) is 4.21. The Bertz CT molecular complexity index is 750. The topological polar surface area (TPSA) is 62.2 Å². The molecule has 2 heterocycles. The summed E-state index contributed by atoms with van der Waals surface area (Å²) in [5, 5.41) is 22.2. The lowest BCUT2D eigenvalue weighted by atomic mass is 9.50. The molecule has 0 amide bonds. The van der Waals surface area contributed by atoms with Gasteiger partial charge in [0.2, 0.25) is 0 Å². The summed E-state index contributed by atoms with van der Waals surface area (Å²) in [6.45, 7) is 0.880. The van der Waals surface area contributed by atoms with E-state index in [1.54, 1.807) is 6.08 Å². The van der Waals surface area contributed by atoms with Crippen LogP contribution in [-0.4, -0.2) is 46.5 Å². The zero-order valence-corrected chi connectivity index (χ0v) is 14.1. The van der Waals surface area contributed by atoms with E-state index in [4.69, 9.17) is 9.26 Å². The first-order valence-corrected chi connectivity index (χ1v) is 8.51. The summed E-state index contributed by atoms with van der Waals surface area (Å²) >= 11 is 0. The second-order valence-electron chi connectivity index (χ2n) is 7.22. The van der Waals surface area contributed by atoms with Gasteiger partial charge in [0.25, 0.3) is 0 Å². The summed E-state index contributed by atoms with van der Waals surface area (Å²) in [5.41, 5.74) is 0.748. The number of nitrogens with zero attached hydrogens (tertiary/aromatic N) is 1. The van der Waals surface area contributed by atoms with E-state index in [1.165, 1.54) is 5.56 Å². The van der Waals surface area contributed by atoms with Crippen molar-refractivity contribution in [3.05, 3.63) is 35.1 Å². The van der Waals surface area contributed by atoms with Crippen LogP contribution in [0.5, 0.6) is 11.5 Å². The van der Waals surface area contributed by atoms with Crippen LogP contribution >= 0.6 is 9.47 Å². The van der Waals surface area contributed by atoms with Gasteiger partial charge in [0.15, 0.2) is 17.6 Å². The standard InChI is InChI=1S/C17H20NO4P/c1-18-7-6-16-13-9-2-3-11(22-23)14(13)21-15(16)10(19)4-5-17(16,20)12(18)8-9/h2-4,12,15,19-20H,5-8,23H2,1H3/t12-,15+,16+,17-/m0/s1. The minimum atomic E-state index is -0.922. The lowest BCUT2D eigenvalue weighted by Crippen LogP contribution is -2.74. The summed E-state index contributed by atoms with van der Waals surface area (Å²) in [6, 6.07) is 4.02. The van der Waals surface area contributed by atoms with Crippen LogP contribution in [0.2, 0.25) is 0 Å². The van der Waals surface area contributed by atoms with Crippen LogP contribution in [0.25, 0.3) is 0 Å². The van der Waals surface area contributed by atoms with E-state index in [0.29, 0.717) is 17.9 Å². The van der Waals surface area contributed by atoms with Gasteiger partial charge in [0.05, 0.1) is 20.5 Å². The quantitative estimate of drug-likeness (QED) is 0.766. The van der Waals surface area contributed by atoms with Crippen LogP contribution in [0.4, 0.5) is 0 Å². The summed E-state index contributed by atoms with van der Waals surface area (Å²) in [6.07, 6.45) is 3.22. The van der Waals surface area contributed by atoms with E-state index in [9.17, 15) is 10.2 Å². The highest BCUT2D eigenvalue weighted by Crippen LogP contribution is 2.65. The molecule has 1 aromatic carbocycles. The molecule has 1 aromatic rings. The molecule has 6 heteroatoms. The number of aliphatic hydroxyl groups is 2. The first-order valence-electron chi connectivity index (χ1n) is 8.04. The van der Waals surface area contributed by atoms with Crippen molar-refractivity contribution in [1.29, 1.82) is 0 Å². The predicted molar refractivity (Wildman–Crippen MR) is 87.9 cm³/mol. The van der Waals surface area contributed by atoms with Gasteiger partial charge in [-0.2, -0.15) is 0 Å². The van der Waals surface area contributed by atoms with Gasteiger partial charge >= 0.3 is 0 Å². The van der Waals surface area contributed by atoms with Crippen molar-refractivity contribution in [2.24, 2.45) is 0 Å². The Morgan fingerprint density at radius 1 is 1.43 bits per heavy atom. The normalized spacial score (nSPS) is 40.2. The maximum atomic E-state index is 11.7. The molecule has 2 bridgehead atoms. The zero-order chi connectivity index (χ0) is 16.0. The Kier molecular flexibility index (Phi) is 2.58. The van der Waals surface area contributed by atoms with Gasteiger partial charge in [0, 0.05) is 18.0 Å². The fourth-order valence-corrected chi connectivity index (χ4v) is 5.63. The Morgan fingerprint density at radius 3 is 3.04 bits per heavy atom. The molecular formula is C17H20NO4P. The van der Waals surface area contributed by atoms with Crippen LogP contribution in [0.15, 0.2) is 24.0 Å². The summed E-state index contributed by atoms with van der Waals surface area (Å²) in [7, 11) is 4.33. The van der Waals surface area contributed by atoms with Crippen LogP contribution < -0.4 is 9.26 Å². The SMILES string of the molecule is CN1CC[C@@]23c4c5ccc(OP)c4O[C@@H]2C(O)=CC[C@]3(O)[C@@H]1C5. The molecule has 2 aliphatic heterocycles. The molecule has 2 aliphatic carbocycles. The summed E-state index contributed by atoms with van der Waals surface area (Å²) in [4.78, 5) is 2.25. The number of hydrogen-bond acceptors (Lipinski definition) is 5. The minimum Gasteiger partial charge on any atom is -0.509 e. The van der Waals surface area contributed by atoms with Gasteiger partial charge < -0.3 is 24.4 Å². The van der Waals surface area contributed by atoms with Crippen molar-refractivity contribution < 1.29 is 19.5 Å². The number of benzene rings is 1. The summed E-state index contributed by atoms with van der Waals surface area (Å²) < 4.78 is 11.6. The third-order valence-electron chi connectivity index (χ3n) is 6.48. The van der Waals surface area contributed by atoms with E-state index in [2.05, 4.69) is 27.5 Å². The molecule has 122 valence electrons. The minimum absolute atomic E-state index is 0.0351. The molecule has 5 rings (SSSR count). The van der Waals surface area contributed by atoms with Crippen molar-refractivity contribution in [1.82, 2.24) is 4.90 Å². The van der Waals surface area contributed by atoms with Crippen LogP contribution in [0, 0.1) is 0 Å². The molecular weight excluding hydrogens is 313 g/mol. The van der Waals surface area contributed by atoms with Crippen molar-refractivity contribution in [2.45, 2.75) is 42.4 Å². The Labute approximate surface area is 137 Å². The fourth-order valence-electron chi connectivity index (χ4n) is 5.44. The van der Waals surface area contributed by atoms with Crippen molar-refractivity contribution in [2.75, 3.05) is 13.6 Å². The van der Waals surface area contributed by atoms with Gasteiger partial charge in [-0.3, -0.25) is 0 Å². The number of aliphatic hydroxyl groups excluding tert-OH is 1. The van der Waals surface area contributed by atoms with Crippen molar-refractivity contribution >= 4 is 9.47 Å². The summed E-state index contributed by atoms with van der Waals surface area (Å²) in [5.74, 6) is 1.56. The number of likely N-dealkylation sites (tertiary alicyclic amines) is 1. The van der Waals surface area contributed by atoms with E-state index in [-0.39, 0.29) is 11.8 Å². The maximum Gasteiger partial charge on any atom is 0.168 e. The van der Waals surface area contributed by atoms with Gasteiger partial charge in [-0.1, -0.05) is 6.07 Å². The number of piperidine rings is 1. The highest BCUT2D eigenvalue weighted by molar-refractivity contribution is 7.10. The lowest BCUT2D eigenvalue weighted by Gasteiger charge is -2.61. The molecule has 23 heavy (non-hydrogen) atoms. The van der Waals surface area contributed by atoms with Gasteiger partial charge in [-0.05, 0) is 44.1 Å². The van der Waals surface area contributed by atoms with E-state index in [1.807, 2.05) is 6.07 Å². The van der Waals surface area contributed by atoms with Crippen LogP contribution in [0.1, 0.15) is 24.0 Å². The molecule has 1 unspecified atom stereocenters. The number of likely N-dealkylation sites (N-methyl/N-ethyl adjacent to an activating group) is 1. The zero-order valence-electron chi connectivity index (χ0n) is 13.0. The molecule has 0 saturated carbocycles. The Balaban J connectivity index is 1.87. The lowest BCUT2D eigenvalue weighted by molar-refractivity contribution is -0.163. The van der Waals surface area contributed by atoms with Crippen LogP contribution in [0.3, 0.4) is 0 Å². The third kappa shape index (κ3) is 1.37. The average Bonchev–Trinajstić information content (AvgIpc) is 2.90. The monoisotopic (exact) mass is 333 g/mol. The van der Waals surface area contributed by atoms with Gasteiger partial charge in [-0.25, -0.2) is 0 Å².